The van der Waals surface area contributed by atoms with Gasteiger partial charge in [-0.25, -0.2) is 9.36 Å². The molecule has 10 nitrogen and oxygen atoms in total. The average Bonchev–Trinajstić information content (AvgIpc) is 2.81. The van der Waals surface area contributed by atoms with E-state index in [0.29, 0.717) is 32.7 Å². The van der Waals surface area contributed by atoms with E-state index in [-0.39, 0.29) is 29.5 Å². The number of nitrogens with zero attached hydrogens (tertiary/aromatic N) is 3. The van der Waals surface area contributed by atoms with E-state index in [1.54, 1.807) is 4.90 Å². The highest BCUT2D eigenvalue weighted by Gasteiger charge is 2.29. The number of aromatic nitrogens is 2. The molecule has 0 unspecified atom stereocenters. The number of benzene rings is 1. The van der Waals surface area contributed by atoms with Crippen LogP contribution in [0.2, 0.25) is 0 Å². The Balaban J connectivity index is 1.91. The Morgan fingerprint density at radius 3 is 2.51 bits per heavy atom. The van der Waals surface area contributed by atoms with Crippen molar-refractivity contribution in [2.45, 2.75) is 39.0 Å². The first-order valence-electron chi connectivity index (χ1n) is 11.2. The highest BCUT2D eigenvalue weighted by Crippen LogP contribution is 2.26. The summed E-state index contributed by atoms with van der Waals surface area (Å²) in [5, 5.41) is 2.42. The number of hydrogen-bond donors (Lipinski definition) is 2. The maximum atomic E-state index is 13.3. The number of carbonyl (C=O) groups excluding carboxylic acids is 1. The van der Waals surface area contributed by atoms with Crippen LogP contribution in [0, 0.1) is 0 Å². The van der Waals surface area contributed by atoms with Crippen LogP contribution in [0.5, 0.6) is 5.75 Å². The molecule has 0 saturated carbocycles. The van der Waals surface area contributed by atoms with Gasteiger partial charge in [-0.3, -0.25) is 14.2 Å². The van der Waals surface area contributed by atoms with Gasteiger partial charge in [-0.15, -0.1) is 0 Å². The second-order valence-corrected chi connectivity index (χ2v) is 7.96. The minimum Gasteiger partial charge on any atom is -0.482 e. The molecule has 0 aliphatic carbocycles. The summed E-state index contributed by atoms with van der Waals surface area (Å²) in [6.45, 7) is 1.53. The predicted molar refractivity (Wildman–Crippen MR) is 124 cm³/mol. The number of alkyl halides is 3. The van der Waals surface area contributed by atoms with Crippen LogP contribution in [-0.2, 0) is 22.6 Å². The number of rotatable bonds is 9. The normalized spacial score (nSPS) is 14.1. The molecule has 13 heteroatoms. The van der Waals surface area contributed by atoms with Gasteiger partial charge in [-0.1, -0.05) is 25.5 Å². The monoisotopic (exact) mass is 499 g/mol. The quantitative estimate of drug-likeness (QED) is 0.540. The van der Waals surface area contributed by atoms with Crippen LogP contribution in [0.25, 0.3) is 0 Å². The Morgan fingerprint density at radius 1 is 1.17 bits per heavy atom. The van der Waals surface area contributed by atoms with E-state index >= 15 is 0 Å². The van der Waals surface area contributed by atoms with Crippen LogP contribution in [0.1, 0.15) is 19.8 Å². The number of nitrogens with one attached hydrogen (secondary N) is 1. The number of morpholine rings is 1. The molecule has 1 aromatic heterocycles. The molecule has 2 heterocycles. The lowest BCUT2D eigenvalue weighted by atomic mass is 10.3. The molecule has 0 atom stereocenters. The van der Waals surface area contributed by atoms with E-state index in [4.69, 9.17) is 15.2 Å². The lowest BCUT2D eigenvalue weighted by Crippen LogP contribution is -2.48. The molecule has 1 aliphatic heterocycles. The van der Waals surface area contributed by atoms with Crippen molar-refractivity contribution in [1.82, 2.24) is 9.13 Å². The van der Waals surface area contributed by atoms with Crippen LogP contribution in [0.15, 0.2) is 33.9 Å². The lowest BCUT2D eigenvalue weighted by Gasteiger charge is -2.30. The fourth-order valence-electron chi connectivity index (χ4n) is 3.65. The Hall–Kier alpha value is -3.48. The summed E-state index contributed by atoms with van der Waals surface area (Å²) in [4.78, 5) is 40.8. The fourth-order valence-corrected chi connectivity index (χ4v) is 3.65. The molecule has 1 amide bonds. The van der Waals surface area contributed by atoms with Gasteiger partial charge in [0.2, 0.25) is 5.91 Å². The minimum absolute atomic E-state index is 0.0232. The summed E-state index contributed by atoms with van der Waals surface area (Å²) in [6.07, 6.45) is -3.16. The number of anilines is 3. The van der Waals surface area contributed by atoms with E-state index in [1.165, 1.54) is 28.8 Å². The molecule has 192 valence electrons. The molecule has 3 N–H and O–H groups in total. The van der Waals surface area contributed by atoms with Crippen LogP contribution in [0.3, 0.4) is 0 Å². The molecule has 0 bridgehead atoms. The lowest BCUT2D eigenvalue weighted by molar-refractivity contribution is -0.153. The van der Waals surface area contributed by atoms with Crippen molar-refractivity contribution in [3.05, 3.63) is 45.1 Å². The number of halogens is 3. The van der Waals surface area contributed by atoms with Crippen LogP contribution in [-0.4, -0.2) is 54.1 Å². The van der Waals surface area contributed by atoms with E-state index in [1.807, 2.05) is 6.92 Å². The third-order valence-electron chi connectivity index (χ3n) is 5.36. The average molecular weight is 499 g/mol. The van der Waals surface area contributed by atoms with Crippen molar-refractivity contribution in [1.29, 1.82) is 0 Å². The van der Waals surface area contributed by atoms with Crippen molar-refractivity contribution < 1.29 is 27.4 Å². The predicted octanol–water partition coefficient (Wildman–Crippen LogP) is 1.81. The number of nitrogen functional groups attached to an aromatic ring is 1. The van der Waals surface area contributed by atoms with Crippen molar-refractivity contribution in [2.24, 2.45) is 0 Å². The molecule has 2 aromatic rings. The molecule has 0 radical (unpaired) electrons. The summed E-state index contributed by atoms with van der Waals surface area (Å²) < 4.78 is 49.8. The van der Waals surface area contributed by atoms with Gasteiger partial charge in [-0.2, -0.15) is 13.2 Å². The highest BCUT2D eigenvalue weighted by molar-refractivity contribution is 5.92. The van der Waals surface area contributed by atoms with Gasteiger partial charge in [0.05, 0.1) is 18.9 Å². The molecule has 0 spiro atoms. The van der Waals surface area contributed by atoms with E-state index in [2.05, 4.69) is 5.32 Å². The van der Waals surface area contributed by atoms with Crippen LogP contribution >= 0.6 is 0 Å². The second kappa shape index (κ2) is 11.3. The molecular formula is C22H28F3N5O5. The molecule has 1 aromatic carbocycles. The zero-order chi connectivity index (χ0) is 25.6. The number of ether oxygens (including phenoxy) is 2. The minimum atomic E-state index is -4.56. The van der Waals surface area contributed by atoms with Gasteiger partial charge in [0.15, 0.2) is 6.61 Å². The smallest absolute Gasteiger partial charge is 0.422 e. The fraction of sp³-hybridized carbons (Fsp3) is 0.500. The van der Waals surface area contributed by atoms with Gasteiger partial charge in [-0.05, 0) is 18.6 Å². The van der Waals surface area contributed by atoms with Crippen LogP contribution in [0.4, 0.5) is 30.4 Å². The molecule has 1 saturated heterocycles. The van der Waals surface area contributed by atoms with Gasteiger partial charge in [0, 0.05) is 19.6 Å². The topological polar surface area (TPSA) is 121 Å². The van der Waals surface area contributed by atoms with Crippen molar-refractivity contribution in [3.8, 4) is 5.75 Å². The third-order valence-corrected chi connectivity index (χ3v) is 5.36. The third kappa shape index (κ3) is 6.56. The Morgan fingerprint density at radius 2 is 1.86 bits per heavy atom. The Bertz CT molecular complexity index is 1160. The van der Waals surface area contributed by atoms with E-state index < -0.39 is 36.5 Å². The Labute approximate surface area is 199 Å². The standard InChI is InChI=1S/C22H28F3N5O5/c1-2-3-8-29-19(26)18(28-9-11-34-12-10-28)20(32)30(21(29)33)13-17(31)27-15-6-4-5-7-16(15)35-14-22(23,24)25/h4-7H,2-3,8-14,26H2,1H3,(H,27,31). The number of carbonyl (C=O) groups is 1. The van der Waals surface area contributed by atoms with Crippen molar-refractivity contribution in [3.63, 3.8) is 0 Å². The summed E-state index contributed by atoms with van der Waals surface area (Å²) >= 11 is 0. The summed E-state index contributed by atoms with van der Waals surface area (Å²) in [6, 6.07) is 5.58. The number of unbranched alkanes of at least 4 members (excludes halogenated alkanes) is 1. The number of amides is 1. The number of para-hydroxylation sites is 2. The summed E-state index contributed by atoms with van der Waals surface area (Å²) in [7, 11) is 0. The van der Waals surface area contributed by atoms with E-state index in [0.717, 1.165) is 11.0 Å². The zero-order valence-electron chi connectivity index (χ0n) is 19.3. The van der Waals surface area contributed by atoms with Crippen molar-refractivity contribution >= 4 is 23.1 Å². The first-order valence-corrected chi connectivity index (χ1v) is 11.2. The summed E-state index contributed by atoms with van der Waals surface area (Å²) in [5.74, 6) is -0.956. The summed E-state index contributed by atoms with van der Waals surface area (Å²) in [5.41, 5.74) is 4.86. The van der Waals surface area contributed by atoms with Gasteiger partial charge in [0.1, 0.15) is 23.8 Å². The highest BCUT2D eigenvalue weighted by atomic mass is 19.4. The largest absolute Gasteiger partial charge is 0.482 e. The first-order chi connectivity index (χ1) is 16.6. The van der Waals surface area contributed by atoms with Crippen molar-refractivity contribution in [2.75, 3.05) is 48.9 Å². The van der Waals surface area contributed by atoms with E-state index in [9.17, 15) is 27.6 Å². The van der Waals surface area contributed by atoms with Gasteiger partial charge >= 0.3 is 11.9 Å². The molecule has 1 aliphatic rings. The zero-order valence-corrected chi connectivity index (χ0v) is 19.3. The first kappa shape index (κ1) is 26.1. The number of nitrogens with two attached hydrogens (primary N) is 1. The van der Waals surface area contributed by atoms with Gasteiger partial charge < -0.3 is 25.4 Å². The molecule has 35 heavy (non-hydrogen) atoms. The van der Waals surface area contributed by atoms with Gasteiger partial charge in [0.25, 0.3) is 5.56 Å². The SMILES string of the molecule is CCCCn1c(N)c(N2CCOCC2)c(=O)n(CC(=O)Nc2ccccc2OCC(F)(F)F)c1=O. The molecule has 1 fully saturated rings. The Kier molecular flexibility index (Phi) is 8.43. The second-order valence-electron chi connectivity index (χ2n) is 7.96. The maximum absolute atomic E-state index is 13.3. The maximum Gasteiger partial charge on any atom is 0.422 e. The molecule has 3 rings (SSSR count). The number of hydrogen-bond acceptors (Lipinski definition) is 7. The van der Waals surface area contributed by atoms with Crippen LogP contribution < -0.4 is 31.9 Å². The molecular weight excluding hydrogens is 471 g/mol.